The molecule has 0 saturated carbocycles. The SMILES string of the molecule is CCN(CC)S(=O)(=O)c1ccc2nnc(S[C@H](C)C(=O)Nc3ccc(C)cc3C)n2c1. The van der Waals surface area contributed by atoms with Gasteiger partial charge < -0.3 is 5.32 Å². The van der Waals surface area contributed by atoms with Gasteiger partial charge in [0.1, 0.15) is 0 Å². The first-order chi connectivity index (χ1) is 14.7. The van der Waals surface area contributed by atoms with Crippen LogP contribution in [-0.4, -0.2) is 51.6 Å². The first-order valence-electron chi connectivity index (χ1n) is 10.1. The van der Waals surface area contributed by atoms with Gasteiger partial charge in [-0.1, -0.05) is 43.3 Å². The molecule has 0 saturated heterocycles. The number of carbonyl (C=O) groups is 1. The van der Waals surface area contributed by atoms with Gasteiger partial charge in [0, 0.05) is 25.0 Å². The third kappa shape index (κ3) is 4.91. The number of aryl methyl sites for hydroxylation is 2. The largest absolute Gasteiger partial charge is 0.325 e. The highest BCUT2D eigenvalue weighted by atomic mass is 32.2. The molecule has 1 aromatic carbocycles. The predicted octanol–water partition coefficient (Wildman–Crippen LogP) is 3.50. The monoisotopic (exact) mass is 461 g/mol. The van der Waals surface area contributed by atoms with Crippen molar-refractivity contribution in [2.75, 3.05) is 18.4 Å². The molecule has 0 fully saturated rings. The van der Waals surface area contributed by atoms with Gasteiger partial charge in [-0.3, -0.25) is 9.20 Å². The number of benzene rings is 1. The van der Waals surface area contributed by atoms with E-state index in [-0.39, 0.29) is 10.8 Å². The minimum absolute atomic E-state index is 0.165. The molecular weight excluding hydrogens is 434 g/mol. The summed E-state index contributed by atoms with van der Waals surface area (Å²) in [6.07, 6.45) is 1.51. The number of amides is 1. The van der Waals surface area contributed by atoms with E-state index in [2.05, 4.69) is 15.5 Å². The molecule has 1 atom stereocenters. The molecular formula is C21H27N5O3S2. The van der Waals surface area contributed by atoms with Crippen molar-refractivity contribution in [3.63, 3.8) is 0 Å². The normalized spacial score (nSPS) is 13.0. The minimum Gasteiger partial charge on any atom is -0.325 e. The Morgan fingerprint density at radius 1 is 1.16 bits per heavy atom. The molecule has 0 bridgehead atoms. The lowest BCUT2D eigenvalue weighted by Gasteiger charge is -2.18. The van der Waals surface area contributed by atoms with Crippen LogP contribution in [0.25, 0.3) is 5.65 Å². The van der Waals surface area contributed by atoms with Crippen LogP contribution in [0.4, 0.5) is 5.69 Å². The Balaban J connectivity index is 1.83. The zero-order valence-corrected chi connectivity index (χ0v) is 19.9. The standard InChI is InChI=1S/C21H27N5O3S2/c1-6-25(7-2)31(28,29)17-9-11-19-23-24-21(26(19)13-17)30-16(5)20(27)22-18-10-8-14(3)12-15(18)4/h8-13,16H,6-7H2,1-5H3,(H,22,27)/t16-/m1/s1. The second-order valence-electron chi connectivity index (χ2n) is 7.23. The zero-order valence-electron chi connectivity index (χ0n) is 18.3. The lowest BCUT2D eigenvalue weighted by atomic mass is 10.1. The van der Waals surface area contributed by atoms with E-state index >= 15 is 0 Å². The van der Waals surface area contributed by atoms with Crippen molar-refractivity contribution in [1.29, 1.82) is 0 Å². The van der Waals surface area contributed by atoms with Crippen molar-refractivity contribution in [3.8, 4) is 0 Å². The van der Waals surface area contributed by atoms with E-state index in [1.165, 1.54) is 28.3 Å². The number of fused-ring (bicyclic) bond motifs is 1. The number of rotatable bonds is 8. The van der Waals surface area contributed by atoms with Gasteiger partial charge in [-0.15, -0.1) is 10.2 Å². The smallest absolute Gasteiger partial charge is 0.244 e. The number of hydrogen-bond acceptors (Lipinski definition) is 6. The van der Waals surface area contributed by atoms with Gasteiger partial charge in [-0.2, -0.15) is 4.31 Å². The lowest BCUT2D eigenvalue weighted by molar-refractivity contribution is -0.115. The summed E-state index contributed by atoms with van der Waals surface area (Å²) in [4.78, 5) is 12.9. The molecule has 0 aliphatic carbocycles. The Morgan fingerprint density at radius 3 is 2.52 bits per heavy atom. The van der Waals surface area contributed by atoms with Crippen molar-refractivity contribution < 1.29 is 13.2 Å². The number of thioether (sulfide) groups is 1. The van der Waals surface area contributed by atoms with E-state index in [4.69, 9.17) is 0 Å². The molecule has 3 aromatic rings. The van der Waals surface area contributed by atoms with E-state index in [1.807, 2.05) is 32.0 Å². The summed E-state index contributed by atoms with van der Waals surface area (Å²) in [5.41, 5.74) is 3.40. The average molecular weight is 462 g/mol. The first-order valence-corrected chi connectivity index (χ1v) is 12.4. The Kier molecular flexibility index (Phi) is 7.03. The third-order valence-corrected chi connectivity index (χ3v) is 8.07. The van der Waals surface area contributed by atoms with Crippen LogP contribution >= 0.6 is 11.8 Å². The number of anilines is 1. The number of nitrogens with one attached hydrogen (secondary N) is 1. The Morgan fingerprint density at radius 2 is 1.87 bits per heavy atom. The maximum atomic E-state index is 12.9. The molecule has 0 aliphatic rings. The van der Waals surface area contributed by atoms with Crippen LogP contribution < -0.4 is 5.32 Å². The summed E-state index contributed by atoms with van der Waals surface area (Å²) >= 11 is 1.22. The summed E-state index contributed by atoms with van der Waals surface area (Å²) in [6.45, 7) is 10.1. The molecule has 2 aromatic heterocycles. The molecule has 0 spiro atoms. The fourth-order valence-corrected chi connectivity index (χ4v) is 5.48. The maximum absolute atomic E-state index is 12.9. The molecule has 10 heteroatoms. The van der Waals surface area contributed by atoms with Crippen LogP contribution in [0.2, 0.25) is 0 Å². The molecule has 0 radical (unpaired) electrons. The zero-order chi connectivity index (χ0) is 22.8. The third-order valence-electron chi connectivity index (χ3n) is 4.98. The fourth-order valence-electron chi connectivity index (χ4n) is 3.20. The van der Waals surface area contributed by atoms with Crippen LogP contribution in [-0.2, 0) is 14.8 Å². The van der Waals surface area contributed by atoms with Gasteiger partial charge in [0.05, 0.1) is 10.1 Å². The van der Waals surface area contributed by atoms with E-state index in [9.17, 15) is 13.2 Å². The number of pyridine rings is 1. The average Bonchev–Trinajstić information content (AvgIpc) is 3.12. The van der Waals surface area contributed by atoms with Crippen molar-refractivity contribution in [2.45, 2.75) is 49.9 Å². The van der Waals surface area contributed by atoms with Crippen molar-refractivity contribution in [1.82, 2.24) is 18.9 Å². The van der Waals surface area contributed by atoms with E-state index in [0.29, 0.717) is 23.9 Å². The van der Waals surface area contributed by atoms with Crippen molar-refractivity contribution >= 4 is 39.0 Å². The van der Waals surface area contributed by atoms with Crippen molar-refractivity contribution in [2.24, 2.45) is 0 Å². The summed E-state index contributed by atoms with van der Waals surface area (Å²) in [6, 6.07) is 8.99. The molecule has 1 N–H and O–H groups in total. The number of aromatic nitrogens is 3. The number of carbonyl (C=O) groups excluding carboxylic acids is 1. The second-order valence-corrected chi connectivity index (χ2v) is 10.5. The molecule has 0 unspecified atom stereocenters. The number of sulfonamides is 1. The highest BCUT2D eigenvalue weighted by molar-refractivity contribution is 8.00. The summed E-state index contributed by atoms with van der Waals surface area (Å²) in [5, 5.41) is 11.2. The van der Waals surface area contributed by atoms with Crippen LogP contribution in [0.15, 0.2) is 46.6 Å². The Hall–Kier alpha value is -2.43. The molecule has 8 nitrogen and oxygen atoms in total. The quantitative estimate of drug-likeness (QED) is 0.516. The fraction of sp³-hybridized carbons (Fsp3) is 0.381. The van der Waals surface area contributed by atoms with Gasteiger partial charge in [0.25, 0.3) is 0 Å². The van der Waals surface area contributed by atoms with Gasteiger partial charge in [0.15, 0.2) is 10.8 Å². The Labute approximate surface area is 187 Å². The predicted molar refractivity (Wildman–Crippen MR) is 123 cm³/mol. The maximum Gasteiger partial charge on any atom is 0.244 e. The first kappa shape index (κ1) is 23.2. The van der Waals surface area contributed by atoms with Crippen LogP contribution in [0.1, 0.15) is 31.9 Å². The molecule has 3 rings (SSSR count). The highest BCUT2D eigenvalue weighted by Crippen LogP contribution is 2.26. The van der Waals surface area contributed by atoms with Crippen LogP contribution in [0, 0.1) is 13.8 Å². The summed E-state index contributed by atoms with van der Waals surface area (Å²) < 4.78 is 28.7. The van der Waals surface area contributed by atoms with Gasteiger partial charge in [-0.05, 0) is 44.5 Å². The van der Waals surface area contributed by atoms with E-state index < -0.39 is 15.3 Å². The molecule has 2 heterocycles. The van der Waals surface area contributed by atoms with Gasteiger partial charge >= 0.3 is 0 Å². The van der Waals surface area contributed by atoms with Crippen molar-refractivity contribution in [3.05, 3.63) is 47.7 Å². The molecule has 0 aliphatic heterocycles. The Bertz CT molecular complexity index is 1200. The molecule has 1 amide bonds. The van der Waals surface area contributed by atoms with E-state index in [1.54, 1.807) is 31.2 Å². The highest BCUT2D eigenvalue weighted by Gasteiger charge is 2.24. The topological polar surface area (TPSA) is 96.7 Å². The van der Waals surface area contributed by atoms with Gasteiger partial charge in [-0.25, -0.2) is 8.42 Å². The second kappa shape index (κ2) is 9.37. The van der Waals surface area contributed by atoms with E-state index in [0.717, 1.165) is 16.8 Å². The molecule has 31 heavy (non-hydrogen) atoms. The summed E-state index contributed by atoms with van der Waals surface area (Å²) in [5.74, 6) is -0.166. The molecule has 166 valence electrons. The minimum atomic E-state index is -3.61. The number of hydrogen-bond donors (Lipinski definition) is 1. The summed E-state index contributed by atoms with van der Waals surface area (Å²) in [7, 11) is -3.61. The van der Waals surface area contributed by atoms with Crippen LogP contribution in [0.5, 0.6) is 0 Å². The lowest BCUT2D eigenvalue weighted by Crippen LogP contribution is -2.30. The van der Waals surface area contributed by atoms with Gasteiger partial charge in [0.2, 0.25) is 15.9 Å². The number of nitrogens with zero attached hydrogens (tertiary/aromatic N) is 4. The van der Waals surface area contributed by atoms with Crippen LogP contribution in [0.3, 0.4) is 0 Å².